The summed E-state index contributed by atoms with van der Waals surface area (Å²) in [6.45, 7) is 1.70. The van der Waals surface area contributed by atoms with Crippen molar-refractivity contribution in [2.45, 2.75) is 6.54 Å². The number of fused-ring (bicyclic) bond motifs is 1. The van der Waals surface area contributed by atoms with E-state index in [0.717, 1.165) is 24.6 Å². The van der Waals surface area contributed by atoms with Crippen LogP contribution in [-0.2, 0) is 6.54 Å². The molecular formula is C8H11N3. The van der Waals surface area contributed by atoms with Crippen LogP contribution < -0.4 is 16.4 Å². The first-order chi connectivity index (χ1) is 5.38. The van der Waals surface area contributed by atoms with Gasteiger partial charge in [-0.25, -0.2) is 0 Å². The predicted molar refractivity (Wildman–Crippen MR) is 46.2 cm³/mol. The Morgan fingerprint density at radius 1 is 1.36 bits per heavy atom. The zero-order valence-electron chi connectivity index (χ0n) is 6.22. The molecule has 0 aromatic heterocycles. The molecule has 1 aromatic rings. The van der Waals surface area contributed by atoms with E-state index in [-0.39, 0.29) is 0 Å². The fraction of sp³-hybridized carbons (Fsp3) is 0.250. The highest BCUT2D eigenvalue weighted by atomic mass is 15.1. The third-order valence-electron chi connectivity index (χ3n) is 1.92. The minimum absolute atomic E-state index is 0.830. The quantitative estimate of drug-likeness (QED) is 0.477. The van der Waals surface area contributed by atoms with Crippen LogP contribution in [0, 0.1) is 0 Å². The molecule has 3 heteroatoms. The minimum atomic E-state index is 0.830. The van der Waals surface area contributed by atoms with E-state index in [4.69, 9.17) is 5.73 Å². The van der Waals surface area contributed by atoms with Crippen LogP contribution in [0.1, 0.15) is 5.56 Å². The van der Waals surface area contributed by atoms with Gasteiger partial charge in [0, 0.05) is 23.5 Å². The number of hydrogen-bond acceptors (Lipinski definition) is 3. The summed E-state index contributed by atoms with van der Waals surface area (Å²) >= 11 is 0. The van der Waals surface area contributed by atoms with E-state index < -0.39 is 0 Å². The molecule has 1 aliphatic rings. The first-order valence-corrected chi connectivity index (χ1v) is 3.70. The number of hydrogen-bond donors (Lipinski definition) is 3. The third-order valence-corrected chi connectivity index (χ3v) is 1.92. The molecule has 4 N–H and O–H groups in total. The molecule has 58 valence electrons. The van der Waals surface area contributed by atoms with Crippen molar-refractivity contribution in [2.24, 2.45) is 0 Å². The molecule has 0 radical (unpaired) electrons. The molecule has 1 heterocycles. The Labute approximate surface area is 65.6 Å². The SMILES string of the molecule is Nc1cccc2c1CNCN2. The number of nitrogen functional groups attached to an aromatic ring is 1. The van der Waals surface area contributed by atoms with Gasteiger partial charge < -0.3 is 11.1 Å². The van der Waals surface area contributed by atoms with Crippen molar-refractivity contribution in [1.82, 2.24) is 5.32 Å². The zero-order valence-corrected chi connectivity index (χ0v) is 6.22. The van der Waals surface area contributed by atoms with E-state index in [1.165, 1.54) is 5.56 Å². The van der Waals surface area contributed by atoms with Crippen molar-refractivity contribution >= 4 is 11.4 Å². The smallest absolute Gasteiger partial charge is 0.0655 e. The lowest BCUT2D eigenvalue weighted by Gasteiger charge is -2.20. The van der Waals surface area contributed by atoms with Crippen LogP contribution in [-0.4, -0.2) is 6.67 Å². The summed E-state index contributed by atoms with van der Waals surface area (Å²) in [6, 6.07) is 5.94. The lowest BCUT2D eigenvalue weighted by molar-refractivity contribution is 0.711. The Bertz CT molecular complexity index is 270. The fourth-order valence-electron chi connectivity index (χ4n) is 1.31. The maximum absolute atomic E-state index is 5.76. The molecule has 0 aliphatic carbocycles. The van der Waals surface area contributed by atoms with Crippen molar-refractivity contribution in [3.8, 4) is 0 Å². The molecule has 3 nitrogen and oxygen atoms in total. The Hall–Kier alpha value is -1.22. The van der Waals surface area contributed by atoms with Gasteiger partial charge in [0.25, 0.3) is 0 Å². The summed E-state index contributed by atoms with van der Waals surface area (Å²) < 4.78 is 0. The summed E-state index contributed by atoms with van der Waals surface area (Å²) in [5, 5.41) is 6.40. The van der Waals surface area contributed by atoms with Crippen molar-refractivity contribution in [3.05, 3.63) is 23.8 Å². The van der Waals surface area contributed by atoms with Crippen LogP contribution in [0.2, 0.25) is 0 Å². The van der Waals surface area contributed by atoms with Gasteiger partial charge in [-0.3, -0.25) is 5.32 Å². The summed E-state index contributed by atoms with van der Waals surface area (Å²) in [5.74, 6) is 0. The topological polar surface area (TPSA) is 50.1 Å². The van der Waals surface area contributed by atoms with E-state index in [1.807, 2.05) is 18.2 Å². The first-order valence-electron chi connectivity index (χ1n) is 3.70. The molecule has 0 saturated carbocycles. The van der Waals surface area contributed by atoms with Gasteiger partial charge in [0.05, 0.1) is 6.67 Å². The molecule has 1 aliphatic heterocycles. The lowest BCUT2D eigenvalue weighted by atomic mass is 10.1. The predicted octanol–water partition coefficient (Wildman–Crippen LogP) is 0.741. The van der Waals surface area contributed by atoms with Crippen LogP contribution >= 0.6 is 0 Å². The maximum Gasteiger partial charge on any atom is 0.0655 e. The molecule has 0 amide bonds. The lowest BCUT2D eigenvalue weighted by Crippen LogP contribution is -2.28. The van der Waals surface area contributed by atoms with Gasteiger partial charge in [0.2, 0.25) is 0 Å². The largest absolute Gasteiger partial charge is 0.398 e. The van der Waals surface area contributed by atoms with Crippen LogP contribution in [0.4, 0.5) is 11.4 Å². The van der Waals surface area contributed by atoms with Gasteiger partial charge in [-0.1, -0.05) is 6.07 Å². The molecule has 2 rings (SSSR count). The van der Waals surface area contributed by atoms with Crippen molar-refractivity contribution in [1.29, 1.82) is 0 Å². The Kier molecular flexibility index (Phi) is 1.43. The van der Waals surface area contributed by atoms with Gasteiger partial charge in [0.1, 0.15) is 0 Å². The highest BCUT2D eigenvalue weighted by Gasteiger charge is 2.08. The van der Waals surface area contributed by atoms with Crippen LogP contribution in [0.25, 0.3) is 0 Å². The average molecular weight is 149 g/mol. The molecule has 0 bridgehead atoms. The second kappa shape index (κ2) is 2.43. The standard InChI is InChI=1S/C8H11N3/c9-7-2-1-3-8-6(7)4-10-5-11-8/h1-3,10-11H,4-5,9H2. The van der Waals surface area contributed by atoms with Crippen LogP contribution in [0.15, 0.2) is 18.2 Å². The molecule has 0 fully saturated rings. The minimum Gasteiger partial charge on any atom is -0.398 e. The fourth-order valence-corrected chi connectivity index (χ4v) is 1.31. The highest BCUT2D eigenvalue weighted by Crippen LogP contribution is 2.23. The summed E-state index contributed by atoms with van der Waals surface area (Å²) in [5.41, 5.74) is 8.96. The summed E-state index contributed by atoms with van der Waals surface area (Å²) in [4.78, 5) is 0. The molecule has 0 unspecified atom stereocenters. The van der Waals surface area contributed by atoms with Gasteiger partial charge in [0.15, 0.2) is 0 Å². The van der Waals surface area contributed by atoms with Gasteiger partial charge in [-0.2, -0.15) is 0 Å². The van der Waals surface area contributed by atoms with E-state index >= 15 is 0 Å². The number of nitrogens with two attached hydrogens (primary N) is 1. The second-order valence-corrected chi connectivity index (χ2v) is 2.65. The van der Waals surface area contributed by atoms with Crippen LogP contribution in [0.5, 0.6) is 0 Å². The van der Waals surface area contributed by atoms with Gasteiger partial charge in [-0.05, 0) is 12.1 Å². The molecule has 1 aromatic carbocycles. The maximum atomic E-state index is 5.76. The zero-order chi connectivity index (χ0) is 7.68. The molecule has 0 saturated heterocycles. The van der Waals surface area contributed by atoms with Gasteiger partial charge in [-0.15, -0.1) is 0 Å². The second-order valence-electron chi connectivity index (χ2n) is 2.65. The first kappa shape index (κ1) is 6.49. The Balaban J connectivity index is 2.49. The van der Waals surface area contributed by atoms with Crippen molar-refractivity contribution < 1.29 is 0 Å². The summed E-state index contributed by atoms with van der Waals surface area (Å²) in [7, 11) is 0. The van der Waals surface area contributed by atoms with E-state index in [0.29, 0.717) is 0 Å². The summed E-state index contributed by atoms with van der Waals surface area (Å²) in [6.07, 6.45) is 0. The molecule has 0 spiro atoms. The molecular weight excluding hydrogens is 138 g/mol. The van der Waals surface area contributed by atoms with Crippen molar-refractivity contribution in [3.63, 3.8) is 0 Å². The molecule has 0 atom stereocenters. The van der Waals surface area contributed by atoms with E-state index in [1.54, 1.807) is 0 Å². The normalized spacial score (nSPS) is 15.3. The van der Waals surface area contributed by atoms with Crippen LogP contribution in [0.3, 0.4) is 0 Å². The highest BCUT2D eigenvalue weighted by molar-refractivity contribution is 5.64. The average Bonchev–Trinajstić information content (AvgIpc) is 2.06. The number of benzene rings is 1. The Morgan fingerprint density at radius 3 is 3.09 bits per heavy atom. The van der Waals surface area contributed by atoms with E-state index in [2.05, 4.69) is 10.6 Å². The van der Waals surface area contributed by atoms with Crippen molar-refractivity contribution in [2.75, 3.05) is 17.7 Å². The van der Waals surface area contributed by atoms with Gasteiger partial charge >= 0.3 is 0 Å². The number of nitrogens with one attached hydrogen (secondary N) is 2. The van der Waals surface area contributed by atoms with E-state index in [9.17, 15) is 0 Å². The monoisotopic (exact) mass is 149 g/mol. The number of anilines is 2. The number of rotatable bonds is 0. The Morgan fingerprint density at radius 2 is 2.27 bits per heavy atom. The molecule has 11 heavy (non-hydrogen) atoms. The third kappa shape index (κ3) is 1.03.